The number of imidazole rings is 1. The van der Waals surface area contributed by atoms with Crippen LogP contribution in [0.15, 0.2) is 103 Å². The molecule has 7 heteroatoms. The number of para-hydroxylation sites is 1. The van der Waals surface area contributed by atoms with Crippen molar-refractivity contribution in [1.82, 2.24) is 14.5 Å². The molecule has 0 unspecified atom stereocenters. The maximum Gasteiger partial charge on any atom is 0.420 e. The fourth-order valence-corrected chi connectivity index (χ4v) is 3.86. The third-order valence-electron chi connectivity index (χ3n) is 5.49. The van der Waals surface area contributed by atoms with E-state index < -0.39 is 6.09 Å². The van der Waals surface area contributed by atoms with Gasteiger partial charge in [-0.3, -0.25) is 4.98 Å². The number of halogens is 1. The van der Waals surface area contributed by atoms with Gasteiger partial charge in [-0.25, -0.2) is 18.7 Å². The van der Waals surface area contributed by atoms with Crippen LogP contribution in [0.5, 0.6) is 11.5 Å². The fourth-order valence-electron chi connectivity index (χ4n) is 3.86. The predicted molar refractivity (Wildman–Crippen MR) is 135 cm³/mol. The maximum absolute atomic E-state index is 13.7. The topological polar surface area (TPSA) is 66.2 Å². The summed E-state index contributed by atoms with van der Waals surface area (Å²) < 4.78 is 26.4. The van der Waals surface area contributed by atoms with Crippen molar-refractivity contribution in [3.63, 3.8) is 0 Å². The molecule has 0 fully saturated rings. The lowest BCUT2D eigenvalue weighted by atomic mass is 10.1. The van der Waals surface area contributed by atoms with E-state index >= 15 is 0 Å². The molecular formula is C29H22FN3O3. The van der Waals surface area contributed by atoms with Gasteiger partial charge in [-0.05, 0) is 79.7 Å². The van der Waals surface area contributed by atoms with Crippen LogP contribution in [0.3, 0.4) is 0 Å². The van der Waals surface area contributed by atoms with E-state index in [0.717, 1.165) is 11.3 Å². The highest BCUT2D eigenvalue weighted by atomic mass is 19.1. The average Bonchev–Trinajstić information content (AvgIpc) is 3.32. The number of pyridine rings is 1. The van der Waals surface area contributed by atoms with Crippen molar-refractivity contribution in [3.05, 3.63) is 109 Å². The number of benzene rings is 3. The highest BCUT2D eigenvalue weighted by Gasteiger charge is 2.26. The van der Waals surface area contributed by atoms with Crippen molar-refractivity contribution < 1.29 is 18.7 Å². The van der Waals surface area contributed by atoms with Gasteiger partial charge in [0, 0.05) is 29.1 Å². The van der Waals surface area contributed by atoms with E-state index in [1.165, 1.54) is 16.7 Å². The van der Waals surface area contributed by atoms with Crippen molar-refractivity contribution >= 4 is 6.09 Å². The van der Waals surface area contributed by atoms with Crippen molar-refractivity contribution in [1.29, 1.82) is 0 Å². The Bertz CT molecular complexity index is 1470. The van der Waals surface area contributed by atoms with Crippen LogP contribution in [0.2, 0.25) is 0 Å². The number of rotatable bonds is 6. The molecule has 0 spiro atoms. The van der Waals surface area contributed by atoms with E-state index in [0.29, 0.717) is 34.1 Å². The quantitative estimate of drug-likeness (QED) is 0.257. The Morgan fingerprint density at radius 1 is 0.806 bits per heavy atom. The van der Waals surface area contributed by atoms with Crippen LogP contribution < -0.4 is 4.74 Å². The Balaban J connectivity index is 1.66. The lowest BCUT2D eigenvalue weighted by molar-refractivity contribution is 0.154. The molecule has 3 aromatic carbocycles. The predicted octanol–water partition coefficient (Wildman–Crippen LogP) is 7.22. The minimum absolute atomic E-state index is 0.196. The van der Waals surface area contributed by atoms with E-state index in [1.807, 2.05) is 54.6 Å². The summed E-state index contributed by atoms with van der Waals surface area (Å²) in [6, 6.07) is 26.4. The summed E-state index contributed by atoms with van der Waals surface area (Å²) >= 11 is 0. The highest BCUT2D eigenvalue weighted by molar-refractivity contribution is 5.91. The van der Waals surface area contributed by atoms with E-state index in [-0.39, 0.29) is 12.4 Å². The second-order valence-corrected chi connectivity index (χ2v) is 7.85. The number of aromatic nitrogens is 3. The number of carbonyl (C=O) groups excluding carboxylic acids is 1. The van der Waals surface area contributed by atoms with Crippen LogP contribution >= 0.6 is 0 Å². The van der Waals surface area contributed by atoms with Crippen LogP contribution in [0.4, 0.5) is 9.18 Å². The normalized spacial score (nSPS) is 10.7. The molecule has 2 heterocycles. The van der Waals surface area contributed by atoms with E-state index in [2.05, 4.69) is 4.98 Å². The highest BCUT2D eigenvalue weighted by Crippen LogP contribution is 2.37. The summed E-state index contributed by atoms with van der Waals surface area (Å²) in [6.45, 7) is 1.94. The molecule has 0 aliphatic rings. The number of carbonyl (C=O) groups is 1. The van der Waals surface area contributed by atoms with Crippen LogP contribution in [-0.2, 0) is 4.74 Å². The first-order valence-electron chi connectivity index (χ1n) is 11.4. The van der Waals surface area contributed by atoms with Gasteiger partial charge < -0.3 is 9.47 Å². The molecule has 0 saturated heterocycles. The molecule has 0 aliphatic heterocycles. The second-order valence-electron chi connectivity index (χ2n) is 7.85. The van der Waals surface area contributed by atoms with Gasteiger partial charge in [0.05, 0.1) is 18.0 Å². The number of ether oxygens (including phenoxy) is 2. The summed E-state index contributed by atoms with van der Waals surface area (Å²) in [7, 11) is 0. The van der Waals surface area contributed by atoms with Gasteiger partial charge in [0.1, 0.15) is 17.3 Å². The molecule has 178 valence electrons. The molecule has 0 saturated carbocycles. The van der Waals surface area contributed by atoms with Gasteiger partial charge in [0.2, 0.25) is 0 Å². The zero-order valence-corrected chi connectivity index (χ0v) is 19.5. The van der Waals surface area contributed by atoms with Crippen molar-refractivity contribution in [2.24, 2.45) is 0 Å². The van der Waals surface area contributed by atoms with Crippen molar-refractivity contribution in [3.8, 4) is 45.4 Å². The summed E-state index contributed by atoms with van der Waals surface area (Å²) in [6.07, 6.45) is 2.72. The molecule has 0 amide bonds. The zero-order valence-electron chi connectivity index (χ0n) is 19.5. The maximum atomic E-state index is 13.7. The molecular weight excluding hydrogens is 457 g/mol. The monoisotopic (exact) mass is 479 g/mol. The van der Waals surface area contributed by atoms with Gasteiger partial charge in [-0.15, -0.1) is 0 Å². The van der Waals surface area contributed by atoms with E-state index in [1.54, 1.807) is 43.6 Å². The second kappa shape index (κ2) is 10.2. The van der Waals surface area contributed by atoms with Crippen molar-refractivity contribution in [2.75, 3.05) is 6.61 Å². The Labute approximate surface area is 207 Å². The molecule has 36 heavy (non-hydrogen) atoms. The third kappa shape index (κ3) is 4.72. The number of hydrogen-bond donors (Lipinski definition) is 0. The van der Waals surface area contributed by atoms with Gasteiger partial charge >= 0.3 is 6.09 Å². The standard InChI is InChI=1S/C29H22FN3O3/c1-2-35-29(34)33-27(21-16-18-31-19-17-21)26(20-8-12-23(30)13-9-20)32-28(33)22-10-14-25(15-11-22)36-24-6-4-3-5-7-24/h3-19H,2H2,1H3. The summed E-state index contributed by atoms with van der Waals surface area (Å²) in [5.41, 5.74) is 3.12. The van der Waals surface area contributed by atoms with Crippen molar-refractivity contribution in [2.45, 2.75) is 6.92 Å². The Hall–Kier alpha value is -4.78. The molecule has 0 bridgehead atoms. The molecule has 6 nitrogen and oxygen atoms in total. The van der Waals surface area contributed by atoms with Gasteiger partial charge in [0.25, 0.3) is 0 Å². The minimum Gasteiger partial charge on any atom is -0.457 e. The largest absolute Gasteiger partial charge is 0.457 e. The Morgan fingerprint density at radius 3 is 2.11 bits per heavy atom. The number of hydrogen-bond acceptors (Lipinski definition) is 5. The van der Waals surface area contributed by atoms with Gasteiger partial charge in [-0.2, -0.15) is 0 Å². The van der Waals surface area contributed by atoms with Crippen LogP contribution in [0.1, 0.15) is 6.92 Å². The average molecular weight is 480 g/mol. The molecule has 2 aromatic heterocycles. The van der Waals surface area contributed by atoms with E-state index in [9.17, 15) is 9.18 Å². The van der Waals surface area contributed by atoms with E-state index in [4.69, 9.17) is 14.5 Å². The van der Waals surface area contributed by atoms with Crippen LogP contribution in [0, 0.1) is 5.82 Å². The summed E-state index contributed by atoms with van der Waals surface area (Å²) in [5, 5.41) is 0. The molecule has 0 aliphatic carbocycles. The molecule has 5 rings (SSSR count). The number of nitrogens with zero attached hydrogens (tertiary/aromatic N) is 3. The zero-order chi connectivity index (χ0) is 24.9. The Morgan fingerprint density at radius 2 is 1.44 bits per heavy atom. The summed E-state index contributed by atoms with van der Waals surface area (Å²) in [4.78, 5) is 22.2. The molecule has 5 aromatic rings. The lowest BCUT2D eigenvalue weighted by Crippen LogP contribution is -2.16. The van der Waals surface area contributed by atoms with Gasteiger partial charge in [0.15, 0.2) is 5.82 Å². The third-order valence-corrected chi connectivity index (χ3v) is 5.49. The molecule has 0 atom stereocenters. The Kier molecular flexibility index (Phi) is 6.53. The SMILES string of the molecule is CCOC(=O)n1c(-c2ccc(Oc3ccccc3)cc2)nc(-c2ccc(F)cc2)c1-c1ccncc1. The lowest BCUT2D eigenvalue weighted by Gasteiger charge is -2.12. The fraction of sp³-hybridized carbons (Fsp3) is 0.0690. The first-order chi connectivity index (χ1) is 17.6. The smallest absolute Gasteiger partial charge is 0.420 e. The van der Waals surface area contributed by atoms with Gasteiger partial charge in [-0.1, -0.05) is 18.2 Å². The van der Waals surface area contributed by atoms with Crippen LogP contribution in [-0.4, -0.2) is 27.2 Å². The van der Waals surface area contributed by atoms with Crippen LogP contribution in [0.25, 0.3) is 33.9 Å². The minimum atomic E-state index is -0.565. The first kappa shape index (κ1) is 23.0. The summed E-state index contributed by atoms with van der Waals surface area (Å²) in [5.74, 6) is 1.40. The molecule has 0 N–H and O–H groups in total. The first-order valence-corrected chi connectivity index (χ1v) is 11.4. The molecule has 0 radical (unpaired) electrons.